The van der Waals surface area contributed by atoms with Gasteiger partial charge >= 0.3 is 0 Å². The van der Waals surface area contributed by atoms with E-state index in [2.05, 4.69) is 0 Å². The normalized spacial score (nSPS) is 16.2. The van der Waals surface area contributed by atoms with Gasteiger partial charge in [0.15, 0.2) is 29.0 Å². The number of benzene rings is 2. The Morgan fingerprint density at radius 1 is 0.769 bits per heavy atom. The van der Waals surface area contributed by atoms with Gasteiger partial charge in [-0.3, -0.25) is 9.80 Å². The third-order valence-electron chi connectivity index (χ3n) is 4.33. The predicted molar refractivity (Wildman–Crippen MR) is 86.3 cm³/mol. The maximum Gasteiger partial charge on any atom is 0.187 e. The van der Waals surface area contributed by atoms with Gasteiger partial charge in [0.2, 0.25) is 0 Å². The molecule has 0 radical (unpaired) electrons. The number of phenolic OH excluding ortho intramolecular Hbond substituents is 2. The number of nitrogens with zero attached hydrogens (tertiary/aromatic N) is 2. The quantitative estimate of drug-likeness (QED) is 0.811. The van der Waals surface area contributed by atoms with Gasteiger partial charge in [0.05, 0.1) is 6.67 Å². The Bertz CT molecular complexity index is 793. The fraction of sp³-hybridized carbons (Fsp3) is 0.333. The topological polar surface area (TPSA) is 46.9 Å². The van der Waals surface area contributed by atoms with Gasteiger partial charge in [-0.15, -0.1) is 0 Å². The van der Waals surface area contributed by atoms with Crippen LogP contribution in [-0.2, 0) is 13.1 Å². The van der Waals surface area contributed by atoms with Crippen molar-refractivity contribution in [3.63, 3.8) is 0 Å². The minimum absolute atomic E-state index is 0.145. The molecule has 0 saturated carbocycles. The summed E-state index contributed by atoms with van der Waals surface area (Å²) in [6.45, 7) is 2.15. The first-order chi connectivity index (χ1) is 12.3. The van der Waals surface area contributed by atoms with E-state index in [1.54, 1.807) is 0 Å². The summed E-state index contributed by atoms with van der Waals surface area (Å²) in [5.41, 5.74) is 0.519. The van der Waals surface area contributed by atoms with Crippen molar-refractivity contribution in [1.82, 2.24) is 9.80 Å². The molecule has 1 saturated heterocycles. The first kappa shape index (κ1) is 18.5. The molecule has 2 aromatic rings. The molecule has 1 fully saturated rings. The van der Waals surface area contributed by atoms with Gasteiger partial charge in [-0.25, -0.2) is 17.6 Å². The fourth-order valence-electron chi connectivity index (χ4n) is 3.15. The Hall–Kier alpha value is -2.32. The Labute approximate surface area is 147 Å². The van der Waals surface area contributed by atoms with E-state index in [-0.39, 0.29) is 18.7 Å². The molecule has 2 aromatic carbocycles. The Morgan fingerprint density at radius 3 is 2.00 bits per heavy atom. The van der Waals surface area contributed by atoms with E-state index in [1.807, 2.05) is 9.80 Å². The summed E-state index contributed by atoms with van der Waals surface area (Å²) in [6, 6.07) is 3.85. The van der Waals surface area contributed by atoms with Crippen LogP contribution in [0.15, 0.2) is 24.3 Å². The number of rotatable bonds is 4. The zero-order valence-corrected chi connectivity index (χ0v) is 13.9. The van der Waals surface area contributed by atoms with E-state index in [9.17, 15) is 22.7 Å². The molecule has 8 heteroatoms. The number of hydrogen-bond donors (Lipinski definition) is 2. The van der Waals surface area contributed by atoms with Crippen LogP contribution in [0, 0.1) is 23.3 Å². The van der Waals surface area contributed by atoms with E-state index < -0.39 is 34.8 Å². The van der Waals surface area contributed by atoms with Crippen LogP contribution in [0.25, 0.3) is 0 Å². The summed E-state index contributed by atoms with van der Waals surface area (Å²) in [7, 11) is 0. The molecule has 4 nitrogen and oxygen atoms in total. The Balaban J connectivity index is 1.68. The molecule has 1 aliphatic rings. The molecule has 0 aromatic heterocycles. The van der Waals surface area contributed by atoms with Crippen molar-refractivity contribution in [2.24, 2.45) is 0 Å². The average molecular weight is 370 g/mol. The van der Waals surface area contributed by atoms with Crippen LogP contribution < -0.4 is 0 Å². The van der Waals surface area contributed by atoms with Crippen molar-refractivity contribution in [2.75, 3.05) is 19.8 Å². The first-order valence-electron chi connectivity index (χ1n) is 8.12. The average Bonchev–Trinajstić information content (AvgIpc) is 2.57. The zero-order valence-electron chi connectivity index (χ0n) is 13.9. The lowest BCUT2D eigenvalue weighted by molar-refractivity contribution is 0.0736. The largest absolute Gasteiger partial charge is 0.505 e. The van der Waals surface area contributed by atoms with Crippen LogP contribution in [0.4, 0.5) is 17.6 Å². The lowest BCUT2D eigenvalue weighted by Gasteiger charge is -2.35. The van der Waals surface area contributed by atoms with Gasteiger partial charge in [0.25, 0.3) is 0 Å². The number of phenols is 2. The minimum Gasteiger partial charge on any atom is -0.505 e. The molecule has 3 rings (SSSR count). The molecule has 0 spiro atoms. The molecule has 0 aliphatic carbocycles. The highest BCUT2D eigenvalue weighted by Crippen LogP contribution is 2.26. The van der Waals surface area contributed by atoms with Gasteiger partial charge < -0.3 is 10.2 Å². The second kappa shape index (κ2) is 7.51. The molecule has 2 N–H and O–H groups in total. The molecular formula is C18H18F4N2O2. The molecule has 1 aliphatic heterocycles. The summed E-state index contributed by atoms with van der Waals surface area (Å²) >= 11 is 0. The Kier molecular flexibility index (Phi) is 5.33. The van der Waals surface area contributed by atoms with Crippen LogP contribution in [0.3, 0.4) is 0 Å². The number of aromatic hydroxyl groups is 2. The lowest BCUT2D eigenvalue weighted by Crippen LogP contribution is -2.43. The third kappa shape index (κ3) is 4.08. The van der Waals surface area contributed by atoms with Gasteiger partial charge in [-0.1, -0.05) is 0 Å². The monoisotopic (exact) mass is 370 g/mol. The van der Waals surface area contributed by atoms with Crippen molar-refractivity contribution in [3.05, 3.63) is 58.7 Å². The second-order valence-electron chi connectivity index (χ2n) is 6.40. The van der Waals surface area contributed by atoms with Crippen LogP contribution in [-0.4, -0.2) is 39.8 Å². The highest BCUT2D eigenvalue weighted by molar-refractivity contribution is 5.34. The van der Waals surface area contributed by atoms with E-state index >= 15 is 0 Å². The minimum atomic E-state index is -1.02. The molecule has 26 heavy (non-hydrogen) atoms. The predicted octanol–water partition coefficient (Wildman–Crippen LogP) is 3.32. The summed E-state index contributed by atoms with van der Waals surface area (Å²) in [6.07, 6.45) is 0.752. The van der Waals surface area contributed by atoms with Crippen LogP contribution in [0.1, 0.15) is 17.5 Å². The van der Waals surface area contributed by atoms with E-state index in [1.165, 1.54) is 0 Å². The highest BCUT2D eigenvalue weighted by Gasteiger charge is 2.21. The van der Waals surface area contributed by atoms with E-state index in [0.29, 0.717) is 31.4 Å². The molecule has 0 amide bonds. The smallest absolute Gasteiger partial charge is 0.187 e. The summed E-state index contributed by atoms with van der Waals surface area (Å²) < 4.78 is 53.7. The van der Waals surface area contributed by atoms with Crippen molar-refractivity contribution in [2.45, 2.75) is 19.5 Å². The fourth-order valence-corrected chi connectivity index (χ4v) is 3.15. The van der Waals surface area contributed by atoms with Crippen LogP contribution in [0.5, 0.6) is 11.5 Å². The second-order valence-corrected chi connectivity index (χ2v) is 6.40. The van der Waals surface area contributed by atoms with E-state index in [4.69, 9.17) is 5.11 Å². The maximum atomic E-state index is 13.5. The summed E-state index contributed by atoms with van der Waals surface area (Å²) in [4.78, 5) is 3.80. The molecule has 1 heterocycles. The van der Waals surface area contributed by atoms with Crippen LogP contribution >= 0.6 is 0 Å². The number of halogens is 4. The van der Waals surface area contributed by atoms with Gasteiger partial charge in [-0.05, 0) is 30.2 Å². The molecule has 0 unspecified atom stereocenters. The van der Waals surface area contributed by atoms with Gasteiger partial charge in [0, 0.05) is 37.8 Å². The molecular weight excluding hydrogens is 352 g/mol. The molecule has 140 valence electrons. The summed E-state index contributed by atoms with van der Waals surface area (Å²) in [5.74, 6) is -5.39. The van der Waals surface area contributed by atoms with Gasteiger partial charge in [-0.2, -0.15) is 0 Å². The first-order valence-corrected chi connectivity index (χ1v) is 8.12. The third-order valence-corrected chi connectivity index (χ3v) is 4.33. The van der Waals surface area contributed by atoms with Crippen molar-refractivity contribution >= 4 is 0 Å². The van der Waals surface area contributed by atoms with E-state index in [0.717, 1.165) is 24.6 Å². The van der Waals surface area contributed by atoms with Crippen molar-refractivity contribution in [1.29, 1.82) is 0 Å². The number of hydrogen-bond acceptors (Lipinski definition) is 4. The lowest BCUT2D eigenvalue weighted by atomic mass is 10.1. The van der Waals surface area contributed by atoms with Crippen molar-refractivity contribution < 1.29 is 27.8 Å². The molecule has 0 bridgehead atoms. The van der Waals surface area contributed by atoms with Crippen molar-refractivity contribution in [3.8, 4) is 11.5 Å². The maximum absolute atomic E-state index is 13.5. The summed E-state index contributed by atoms with van der Waals surface area (Å²) in [5, 5.41) is 18.9. The Morgan fingerprint density at radius 2 is 1.35 bits per heavy atom. The molecule has 0 atom stereocenters. The van der Waals surface area contributed by atoms with Gasteiger partial charge in [0.1, 0.15) is 5.82 Å². The standard InChI is InChI=1S/C18H18F4N2O2/c19-13-6-12(17(25)16(22)7-13)9-24-3-1-2-23(10-24)8-11-4-14(20)18(26)15(21)5-11/h4-7,25-26H,1-3,8-10H2. The SMILES string of the molecule is Oc1c(F)cc(CN2CCCN(Cc3cc(F)cc(F)c3O)C2)cc1F. The van der Waals surface area contributed by atoms with Crippen LogP contribution in [0.2, 0.25) is 0 Å². The highest BCUT2D eigenvalue weighted by atomic mass is 19.1. The zero-order chi connectivity index (χ0) is 18.8.